The molecule has 0 saturated carbocycles. The topological polar surface area (TPSA) is 65.1 Å². The van der Waals surface area contributed by atoms with Gasteiger partial charge < -0.3 is 4.74 Å². The van der Waals surface area contributed by atoms with Gasteiger partial charge in [-0.25, -0.2) is 0 Å². The third kappa shape index (κ3) is 2.93. The van der Waals surface area contributed by atoms with Crippen LogP contribution in [0.5, 0.6) is 0 Å². The van der Waals surface area contributed by atoms with Crippen molar-refractivity contribution in [3.63, 3.8) is 0 Å². The molecule has 0 spiro atoms. The van der Waals surface area contributed by atoms with E-state index in [-0.39, 0.29) is 6.04 Å². The number of hydrogen-bond donors (Lipinski definition) is 2. The van der Waals surface area contributed by atoms with Crippen molar-refractivity contribution >= 4 is 15.9 Å². The van der Waals surface area contributed by atoms with E-state index in [1.807, 2.05) is 18.7 Å². The first-order valence-electron chi connectivity index (χ1n) is 6.35. The molecule has 1 aromatic rings. The summed E-state index contributed by atoms with van der Waals surface area (Å²) in [4.78, 5) is 0. The Bertz CT molecular complexity index is 401. The van der Waals surface area contributed by atoms with Gasteiger partial charge in [0.25, 0.3) is 0 Å². The Balaban J connectivity index is 2.09. The minimum absolute atomic E-state index is 0.278. The normalized spacial score (nSPS) is 19.1. The molecule has 1 aliphatic heterocycles. The molecular formula is C12H21BrN4O. The van der Waals surface area contributed by atoms with Gasteiger partial charge in [0, 0.05) is 32.7 Å². The summed E-state index contributed by atoms with van der Waals surface area (Å²) in [6.45, 7) is 3.69. The SMILES string of the molecule is Cc1nn(C)c(CC(NN)C2CCOCC2)c1Br. The first kappa shape index (κ1) is 14.0. The van der Waals surface area contributed by atoms with Crippen LogP contribution in [0.4, 0.5) is 0 Å². The van der Waals surface area contributed by atoms with Gasteiger partial charge in [-0.3, -0.25) is 16.0 Å². The molecule has 1 aliphatic rings. The van der Waals surface area contributed by atoms with Crippen LogP contribution in [0, 0.1) is 12.8 Å². The molecule has 0 aliphatic carbocycles. The van der Waals surface area contributed by atoms with Gasteiger partial charge in [-0.15, -0.1) is 0 Å². The summed E-state index contributed by atoms with van der Waals surface area (Å²) in [6.07, 6.45) is 3.03. The Morgan fingerprint density at radius 1 is 1.56 bits per heavy atom. The van der Waals surface area contributed by atoms with Crippen LogP contribution >= 0.6 is 15.9 Å². The molecule has 6 heteroatoms. The molecule has 1 fully saturated rings. The first-order chi connectivity index (χ1) is 8.63. The van der Waals surface area contributed by atoms with Crippen LogP contribution in [-0.2, 0) is 18.2 Å². The molecule has 18 heavy (non-hydrogen) atoms. The number of ether oxygens (including phenoxy) is 1. The van der Waals surface area contributed by atoms with E-state index in [2.05, 4.69) is 26.5 Å². The Morgan fingerprint density at radius 2 is 2.22 bits per heavy atom. The van der Waals surface area contributed by atoms with Gasteiger partial charge >= 0.3 is 0 Å². The number of aromatic nitrogens is 2. The predicted molar refractivity (Wildman–Crippen MR) is 74.0 cm³/mol. The number of nitrogens with one attached hydrogen (secondary N) is 1. The highest BCUT2D eigenvalue weighted by atomic mass is 79.9. The van der Waals surface area contributed by atoms with E-state index in [0.717, 1.165) is 42.6 Å². The van der Waals surface area contributed by atoms with Crippen molar-refractivity contribution in [3.8, 4) is 0 Å². The van der Waals surface area contributed by atoms with E-state index >= 15 is 0 Å². The van der Waals surface area contributed by atoms with Crippen LogP contribution < -0.4 is 11.3 Å². The lowest BCUT2D eigenvalue weighted by molar-refractivity contribution is 0.0535. The lowest BCUT2D eigenvalue weighted by atomic mass is 9.89. The van der Waals surface area contributed by atoms with Crippen LogP contribution in [0.1, 0.15) is 24.2 Å². The first-order valence-corrected chi connectivity index (χ1v) is 7.14. The number of nitrogens with two attached hydrogens (primary N) is 1. The van der Waals surface area contributed by atoms with Crippen LogP contribution in [0.15, 0.2) is 4.47 Å². The minimum atomic E-state index is 0.278. The molecular weight excluding hydrogens is 296 g/mol. The second kappa shape index (κ2) is 6.14. The smallest absolute Gasteiger partial charge is 0.0738 e. The lowest BCUT2D eigenvalue weighted by Crippen LogP contribution is -2.44. The van der Waals surface area contributed by atoms with E-state index in [1.165, 1.54) is 5.69 Å². The summed E-state index contributed by atoms with van der Waals surface area (Å²) in [5, 5.41) is 4.42. The molecule has 2 rings (SSSR count). The summed E-state index contributed by atoms with van der Waals surface area (Å²) in [5.41, 5.74) is 5.19. The maximum Gasteiger partial charge on any atom is 0.0738 e. The van der Waals surface area contributed by atoms with Gasteiger partial charge in [0.1, 0.15) is 0 Å². The Morgan fingerprint density at radius 3 is 2.72 bits per heavy atom. The van der Waals surface area contributed by atoms with Gasteiger partial charge in [0.15, 0.2) is 0 Å². The van der Waals surface area contributed by atoms with Crippen molar-refractivity contribution in [2.24, 2.45) is 18.8 Å². The van der Waals surface area contributed by atoms with E-state index in [0.29, 0.717) is 5.92 Å². The van der Waals surface area contributed by atoms with Crippen LogP contribution in [0.3, 0.4) is 0 Å². The molecule has 102 valence electrons. The second-order valence-electron chi connectivity index (χ2n) is 4.90. The fourth-order valence-electron chi connectivity index (χ4n) is 2.59. The monoisotopic (exact) mass is 316 g/mol. The van der Waals surface area contributed by atoms with Gasteiger partial charge in [0.05, 0.1) is 15.9 Å². The van der Waals surface area contributed by atoms with Gasteiger partial charge in [-0.2, -0.15) is 5.10 Å². The van der Waals surface area contributed by atoms with Crippen molar-refractivity contribution in [1.82, 2.24) is 15.2 Å². The lowest BCUT2D eigenvalue weighted by Gasteiger charge is -2.29. The summed E-state index contributed by atoms with van der Waals surface area (Å²) < 4.78 is 8.43. The molecule has 5 nitrogen and oxygen atoms in total. The standard InChI is InChI=1S/C12H21BrN4O/c1-8-12(13)11(17(2)16-8)7-10(15-14)9-3-5-18-6-4-9/h9-10,15H,3-7,14H2,1-2H3. The van der Waals surface area contributed by atoms with E-state index in [4.69, 9.17) is 10.6 Å². The van der Waals surface area contributed by atoms with Crippen LogP contribution in [0.25, 0.3) is 0 Å². The Labute approximate surface area is 116 Å². The molecule has 0 radical (unpaired) electrons. The molecule has 1 saturated heterocycles. The number of hydrogen-bond acceptors (Lipinski definition) is 4. The second-order valence-corrected chi connectivity index (χ2v) is 5.69. The zero-order chi connectivity index (χ0) is 13.1. The van der Waals surface area contributed by atoms with Crippen molar-refractivity contribution in [2.45, 2.75) is 32.2 Å². The number of rotatable bonds is 4. The molecule has 0 amide bonds. The highest BCUT2D eigenvalue weighted by Crippen LogP contribution is 2.26. The predicted octanol–water partition coefficient (Wildman–Crippen LogP) is 1.29. The molecule has 0 aromatic carbocycles. The fraction of sp³-hybridized carbons (Fsp3) is 0.750. The summed E-state index contributed by atoms with van der Waals surface area (Å²) >= 11 is 3.61. The van der Waals surface area contributed by atoms with Gasteiger partial charge in [-0.05, 0) is 41.6 Å². The zero-order valence-electron chi connectivity index (χ0n) is 10.9. The third-order valence-corrected chi connectivity index (χ3v) is 4.76. The third-order valence-electron chi connectivity index (χ3n) is 3.72. The minimum Gasteiger partial charge on any atom is -0.381 e. The van der Waals surface area contributed by atoms with Gasteiger partial charge in [-0.1, -0.05) is 0 Å². The van der Waals surface area contributed by atoms with Crippen molar-refractivity contribution < 1.29 is 4.74 Å². The quantitative estimate of drug-likeness (QED) is 0.649. The van der Waals surface area contributed by atoms with Crippen LogP contribution in [-0.4, -0.2) is 29.0 Å². The number of aryl methyl sites for hydroxylation is 2. The molecule has 0 bridgehead atoms. The molecule has 1 atom stereocenters. The highest BCUT2D eigenvalue weighted by Gasteiger charge is 2.25. The van der Waals surface area contributed by atoms with Crippen molar-refractivity contribution in [2.75, 3.05) is 13.2 Å². The van der Waals surface area contributed by atoms with Gasteiger partial charge in [0.2, 0.25) is 0 Å². The summed E-state index contributed by atoms with van der Waals surface area (Å²) in [5.74, 6) is 6.30. The van der Waals surface area contributed by atoms with E-state index < -0.39 is 0 Å². The molecule has 1 unspecified atom stereocenters. The zero-order valence-corrected chi connectivity index (χ0v) is 12.5. The average Bonchev–Trinajstić information content (AvgIpc) is 2.62. The maximum absolute atomic E-state index is 5.72. The average molecular weight is 317 g/mol. The van der Waals surface area contributed by atoms with Crippen molar-refractivity contribution in [1.29, 1.82) is 0 Å². The van der Waals surface area contributed by atoms with E-state index in [1.54, 1.807) is 0 Å². The fourth-order valence-corrected chi connectivity index (χ4v) is 3.09. The number of hydrazine groups is 1. The highest BCUT2D eigenvalue weighted by molar-refractivity contribution is 9.10. The largest absolute Gasteiger partial charge is 0.381 e. The van der Waals surface area contributed by atoms with Crippen molar-refractivity contribution in [3.05, 3.63) is 15.9 Å². The summed E-state index contributed by atoms with van der Waals surface area (Å²) in [7, 11) is 1.98. The maximum atomic E-state index is 5.72. The Hall–Kier alpha value is -0.430. The van der Waals surface area contributed by atoms with E-state index in [9.17, 15) is 0 Å². The number of halogens is 1. The molecule has 2 heterocycles. The molecule has 3 N–H and O–H groups in total. The summed E-state index contributed by atoms with van der Waals surface area (Å²) in [6, 6.07) is 0.278. The Kier molecular flexibility index (Phi) is 4.77. The molecule has 1 aromatic heterocycles. The number of nitrogens with zero attached hydrogens (tertiary/aromatic N) is 2. The van der Waals surface area contributed by atoms with Crippen LogP contribution in [0.2, 0.25) is 0 Å².